The fraction of sp³-hybridized carbons (Fsp3) is 0.308. The van der Waals surface area contributed by atoms with Crippen molar-refractivity contribution in [3.05, 3.63) is 45.0 Å². The van der Waals surface area contributed by atoms with Crippen LogP contribution in [0.3, 0.4) is 0 Å². The number of hydrogen-bond donors (Lipinski definition) is 1. The Morgan fingerprint density at radius 1 is 1.47 bits per heavy atom. The van der Waals surface area contributed by atoms with E-state index >= 15 is 0 Å². The molecule has 0 radical (unpaired) electrons. The number of carbonyl (C=O) groups is 1. The maximum Gasteiger partial charge on any atom is 0.287 e. The lowest BCUT2D eigenvalue weighted by Crippen LogP contribution is -2.34. The summed E-state index contributed by atoms with van der Waals surface area (Å²) in [5, 5.41) is 4.93. The SMILES string of the molecule is CN(C)[C@H](CNC(=O)c1ccc(Br)o1)c1cccs1. The summed E-state index contributed by atoms with van der Waals surface area (Å²) in [5.41, 5.74) is 0. The van der Waals surface area contributed by atoms with Crippen LogP contribution in [0.15, 0.2) is 38.7 Å². The standard InChI is InChI=1S/C13H15BrN2O2S/c1-16(2)9(11-4-3-7-19-11)8-15-13(17)10-5-6-12(14)18-10/h3-7,9H,8H2,1-2H3,(H,15,17)/t9-/m1/s1. The molecule has 0 spiro atoms. The number of hydrogen-bond acceptors (Lipinski definition) is 4. The summed E-state index contributed by atoms with van der Waals surface area (Å²) in [6.07, 6.45) is 0. The molecule has 0 aliphatic carbocycles. The molecule has 1 amide bonds. The maximum atomic E-state index is 11.9. The van der Waals surface area contributed by atoms with Crippen molar-refractivity contribution in [3.8, 4) is 0 Å². The van der Waals surface area contributed by atoms with Crippen LogP contribution in [0.5, 0.6) is 0 Å². The Bertz CT molecular complexity index is 537. The number of rotatable bonds is 5. The van der Waals surface area contributed by atoms with Crippen LogP contribution in [0, 0.1) is 0 Å². The quantitative estimate of drug-likeness (QED) is 0.907. The molecule has 1 atom stereocenters. The van der Waals surface area contributed by atoms with Crippen LogP contribution in [-0.2, 0) is 0 Å². The zero-order valence-electron chi connectivity index (χ0n) is 10.7. The number of likely N-dealkylation sites (N-methyl/N-ethyl adjacent to an activating group) is 1. The Morgan fingerprint density at radius 2 is 2.26 bits per heavy atom. The molecule has 2 rings (SSSR count). The Hall–Kier alpha value is -1.11. The van der Waals surface area contributed by atoms with E-state index in [0.29, 0.717) is 17.0 Å². The second-order valence-electron chi connectivity index (χ2n) is 4.31. The van der Waals surface area contributed by atoms with Crippen molar-refractivity contribution >= 4 is 33.2 Å². The Kier molecular flexibility index (Phi) is 4.79. The fourth-order valence-electron chi connectivity index (χ4n) is 1.73. The van der Waals surface area contributed by atoms with Gasteiger partial charge in [-0.05, 0) is 53.6 Å². The zero-order valence-corrected chi connectivity index (χ0v) is 13.1. The van der Waals surface area contributed by atoms with Crippen LogP contribution < -0.4 is 5.32 Å². The minimum atomic E-state index is -0.200. The minimum Gasteiger partial charge on any atom is -0.444 e. The lowest BCUT2D eigenvalue weighted by atomic mass is 10.2. The number of nitrogens with one attached hydrogen (secondary N) is 1. The van der Waals surface area contributed by atoms with Gasteiger partial charge in [0.25, 0.3) is 5.91 Å². The molecule has 4 nitrogen and oxygen atoms in total. The van der Waals surface area contributed by atoms with Crippen molar-refractivity contribution in [1.29, 1.82) is 0 Å². The average molecular weight is 343 g/mol. The van der Waals surface area contributed by atoms with Gasteiger partial charge in [-0.25, -0.2) is 0 Å². The van der Waals surface area contributed by atoms with E-state index in [-0.39, 0.29) is 11.9 Å². The average Bonchev–Trinajstić information content (AvgIpc) is 3.00. The van der Waals surface area contributed by atoms with Crippen LogP contribution in [0.1, 0.15) is 21.5 Å². The Labute approximate surface area is 124 Å². The third-order valence-corrected chi connectivity index (χ3v) is 4.15. The summed E-state index contributed by atoms with van der Waals surface area (Å²) in [5.74, 6) is 0.115. The lowest BCUT2D eigenvalue weighted by molar-refractivity contribution is 0.0913. The molecular formula is C13H15BrN2O2S. The molecule has 0 aliphatic rings. The van der Waals surface area contributed by atoms with E-state index in [1.807, 2.05) is 25.5 Å². The van der Waals surface area contributed by atoms with Crippen LogP contribution in [0.4, 0.5) is 0 Å². The molecule has 102 valence electrons. The second-order valence-corrected chi connectivity index (χ2v) is 6.07. The van der Waals surface area contributed by atoms with Gasteiger partial charge in [-0.2, -0.15) is 0 Å². The van der Waals surface area contributed by atoms with E-state index in [4.69, 9.17) is 4.42 Å². The van der Waals surface area contributed by atoms with Crippen LogP contribution >= 0.6 is 27.3 Å². The fourth-order valence-corrected chi connectivity index (χ4v) is 2.96. The van der Waals surface area contributed by atoms with Gasteiger partial charge in [-0.15, -0.1) is 11.3 Å². The van der Waals surface area contributed by atoms with Crippen LogP contribution in [0.2, 0.25) is 0 Å². The Morgan fingerprint density at radius 3 is 2.79 bits per heavy atom. The highest BCUT2D eigenvalue weighted by molar-refractivity contribution is 9.10. The summed E-state index contributed by atoms with van der Waals surface area (Å²) in [7, 11) is 4.00. The normalized spacial score (nSPS) is 12.6. The minimum absolute atomic E-state index is 0.169. The van der Waals surface area contributed by atoms with E-state index in [9.17, 15) is 4.79 Å². The zero-order chi connectivity index (χ0) is 13.8. The van der Waals surface area contributed by atoms with Gasteiger partial charge >= 0.3 is 0 Å². The molecule has 6 heteroatoms. The number of halogens is 1. The number of carbonyl (C=O) groups excluding carboxylic acids is 1. The molecule has 0 saturated carbocycles. The third kappa shape index (κ3) is 3.68. The molecule has 0 fully saturated rings. The van der Waals surface area contributed by atoms with Crippen LogP contribution in [0.25, 0.3) is 0 Å². The van der Waals surface area contributed by atoms with Gasteiger partial charge in [-0.3, -0.25) is 4.79 Å². The summed E-state index contributed by atoms with van der Waals surface area (Å²) >= 11 is 4.87. The van der Waals surface area contributed by atoms with Gasteiger partial charge in [0, 0.05) is 11.4 Å². The third-order valence-electron chi connectivity index (χ3n) is 2.75. The topological polar surface area (TPSA) is 45.5 Å². The van der Waals surface area contributed by atoms with E-state index in [1.54, 1.807) is 23.5 Å². The molecule has 0 unspecified atom stereocenters. The highest BCUT2D eigenvalue weighted by Gasteiger charge is 2.17. The van der Waals surface area contributed by atoms with Crippen molar-refractivity contribution < 1.29 is 9.21 Å². The number of amides is 1. The van der Waals surface area contributed by atoms with Gasteiger partial charge in [0.05, 0.1) is 6.04 Å². The molecule has 1 N–H and O–H groups in total. The van der Waals surface area contributed by atoms with Gasteiger partial charge in [0.2, 0.25) is 0 Å². The molecule has 0 aromatic carbocycles. The first kappa shape index (κ1) is 14.3. The van der Waals surface area contributed by atoms with Crippen molar-refractivity contribution in [2.75, 3.05) is 20.6 Å². The van der Waals surface area contributed by atoms with Gasteiger partial charge in [-0.1, -0.05) is 6.07 Å². The maximum absolute atomic E-state index is 11.9. The molecule has 0 aliphatic heterocycles. The van der Waals surface area contributed by atoms with Crippen LogP contribution in [-0.4, -0.2) is 31.4 Å². The van der Waals surface area contributed by atoms with Crippen molar-refractivity contribution in [2.24, 2.45) is 0 Å². The summed E-state index contributed by atoms with van der Waals surface area (Å²) in [6, 6.07) is 7.61. The second kappa shape index (κ2) is 6.36. The summed E-state index contributed by atoms with van der Waals surface area (Å²) in [4.78, 5) is 15.2. The van der Waals surface area contributed by atoms with Crippen molar-refractivity contribution in [2.45, 2.75) is 6.04 Å². The first-order valence-corrected chi connectivity index (χ1v) is 7.48. The smallest absolute Gasteiger partial charge is 0.287 e. The van der Waals surface area contributed by atoms with E-state index < -0.39 is 0 Å². The molecule has 2 aromatic rings. The molecule has 0 bridgehead atoms. The van der Waals surface area contributed by atoms with Gasteiger partial charge in [0.15, 0.2) is 10.4 Å². The molecule has 2 heterocycles. The van der Waals surface area contributed by atoms with E-state index in [1.165, 1.54) is 4.88 Å². The largest absolute Gasteiger partial charge is 0.444 e. The number of thiophene rings is 1. The molecule has 2 aromatic heterocycles. The lowest BCUT2D eigenvalue weighted by Gasteiger charge is -2.23. The first-order chi connectivity index (χ1) is 9.08. The van der Waals surface area contributed by atoms with Crippen molar-refractivity contribution in [3.63, 3.8) is 0 Å². The molecule has 0 saturated heterocycles. The number of furan rings is 1. The van der Waals surface area contributed by atoms with Crippen molar-refractivity contribution in [1.82, 2.24) is 10.2 Å². The Balaban J connectivity index is 1.98. The van der Waals surface area contributed by atoms with Gasteiger partial charge in [0.1, 0.15) is 0 Å². The predicted octanol–water partition coefficient (Wildman–Crippen LogP) is 3.14. The monoisotopic (exact) mass is 342 g/mol. The highest BCUT2D eigenvalue weighted by Crippen LogP contribution is 2.22. The summed E-state index contributed by atoms with van der Waals surface area (Å²) < 4.78 is 5.78. The van der Waals surface area contributed by atoms with Gasteiger partial charge < -0.3 is 14.6 Å². The van der Waals surface area contributed by atoms with E-state index in [2.05, 4.69) is 32.2 Å². The number of nitrogens with zero attached hydrogens (tertiary/aromatic N) is 1. The molecule has 19 heavy (non-hydrogen) atoms. The predicted molar refractivity (Wildman–Crippen MR) is 79.5 cm³/mol. The van der Waals surface area contributed by atoms with E-state index in [0.717, 1.165) is 0 Å². The summed E-state index contributed by atoms with van der Waals surface area (Å²) in [6.45, 7) is 0.546. The molecular weight excluding hydrogens is 328 g/mol. The first-order valence-electron chi connectivity index (χ1n) is 5.81. The highest BCUT2D eigenvalue weighted by atomic mass is 79.9.